The molecule has 0 heterocycles. The normalized spacial score (nSPS) is 11.5. The average Bonchev–Trinajstić information content (AvgIpc) is 2.58. The molecule has 0 N–H and O–H groups in total. The molecule has 0 aromatic heterocycles. The maximum absolute atomic E-state index is 9.77. The van der Waals surface area contributed by atoms with Crippen LogP contribution >= 0.6 is 0 Å². The zero-order chi connectivity index (χ0) is 9.23. The van der Waals surface area contributed by atoms with Gasteiger partial charge in [-0.25, -0.2) is 6.08 Å². The average molecular weight is 335 g/mol. The van der Waals surface area contributed by atoms with Crippen molar-refractivity contribution in [1.82, 2.24) is 0 Å². The molecule has 0 atom stereocenters. The Morgan fingerprint density at radius 2 is 2.08 bits per heavy atom. The van der Waals surface area contributed by atoms with Gasteiger partial charge in [0.05, 0.1) is 0 Å². The molecule has 0 unspecified atom stereocenters. The summed E-state index contributed by atoms with van der Waals surface area (Å²) >= 11 is -1.27. The molecule has 0 saturated carbocycles. The van der Waals surface area contributed by atoms with E-state index in [1.165, 1.54) is 8.70 Å². The van der Waals surface area contributed by atoms with Gasteiger partial charge in [0, 0.05) is 0 Å². The topological polar surface area (TPSA) is 51.2 Å². The van der Waals surface area contributed by atoms with Gasteiger partial charge in [0.25, 0.3) is 0 Å². The molecule has 1 aliphatic rings. The van der Waals surface area contributed by atoms with E-state index >= 15 is 0 Å². The third kappa shape index (κ3) is 5.73. The summed E-state index contributed by atoms with van der Waals surface area (Å²) in [5.74, 6) is 0. The molecule has 63 valence electrons. The zero-order valence-corrected chi connectivity index (χ0v) is 8.76. The number of hydrogen-bond donors (Lipinski definition) is 0. The van der Waals surface area contributed by atoms with Crippen LogP contribution in [0.5, 0.6) is 0 Å². The van der Waals surface area contributed by atoms with Crippen LogP contribution in [0.1, 0.15) is 6.42 Å². The maximum atomic E-state index is 9.77. The van der Waals surface area contributed by atoms with Crippen molar-refractivity contribution in [3.05, 3.63) is 23.8 Å². The minimum absolute atomic E-state index is 0.750. The zero-order valence-electron chi connectivity index (χ0n) is 6.04. The van der Waals surface area contributed by atoms with E-state index in [1.54, 1.807) is 6.08 Å². The van der Waals surface area contributed by atoms with Crippen molar-refractivity contribution in [2.75, 3.05) is 0 Å². The van der Waals surface area contributed by atoms with Gasteiger partial charge in [-0.3, -0.25) is 0 Å². The Labute approximate surface area is 77.0 Å². The van der Waals surface area contributed by atoms with Crippen molar-refractivity contribution >= 4 is 15.0 Å². The monoisotopic (exact) mass is 336 g/mol. The minimum atomic E-state index is -1.27. The molecule has 12 heavy (non-hydrogen) atoms. The van der Waals surface area contributed by atoms with Crippen LogP contribution in [0, 0.1) is 0 Å². The summed E-state index contributed by atoms with van der Waals surface area (Å²) < 4.78 is 2.99. The van der Waals surface area contributed by atoms with Crippen LogP contribution in [0.25, 0.3) is 0 Å². The van der Waals surface area contributed by atoms with Crippen molar-refractivity contribution < 1.29 is 31.5 Å². The van der Waals surface area contributed by atoms with Crippen molar-refractivity contribution in [1.29, 1.82) is 0 Å². The summed E-state index contributed by atoms with van der Waals surface area (Å²) in [4.78, 5) is 27.9. The second-order valence-electron chi connectivity index (χ2n) is 1.68. The molecule has 0 aromatic carbocycles. The van der Waals surface area contributed by atoms with E-state index < -0.39 is 17.1 Å². The Bertz CT molecular complexity index is 299. The van der Waals surface area contributed by atoms with Crippen LogP contribution in [-0.2, 0) is 31.5 Å². The first-order valence-electron chi connectivity index (χ1n) is 2.96. The van der Waals surface area contributed by atoms with Crippen LogP contribution in [-0.4, -0.2) is 15.0 Å². The van der Waals surface area contributed by atoms with E-state index in [1.807, 2.05) is 18.4 Å². The summed E-state index contributed by atoms with van der Waals surface area (Å²) in [6.45, 7) is 0. The summed E-state index contributed by atoms with van der Waals surface area (Å²) in [7, 11) is 0. The van der Waals surface area contributed by atoms with Gasteiger partial charge in [-0.15, -0.1) is 12.2 Å². The molecule has 0 radical (unpaired) electrons. The van der Waals surface area contributed by atoms with Gasteiger partial charge in [0.2, 0.25) is 0 Å². The molecule has 0 fully saturated rings. The molecule has 3 nitrogen and oxygen atoms in total. The van der Waals surface area contributed by atoms with Gasteiger partial charge in [0.1, 0.15) is 0 Å². The van der Waals surface area contributed by atoms with E-state index in [0.29, 0.717) is 0 Å². The second-order valence-corrected chi connectivity index (χ2v) is 3.46. The SMILES string of the molecule is O=[C-]C1=CC=CC1.O=[C]=[Re]=[C]=O. The second kappa shape index (κ2) is 8.07. The molecule has 1 aliphatic carbocycles. The van der Waals surface area contributed by atoms with Gasteiger partial charge in [0.15, 0.2) is 0 Å². The quantitative estimate of drug-likeness (QED) is 0.643. The van der Waals surface area contributed by atoms with Gasteiger partial charge in [-0.2, -0.15) is 5.57 Å². The standard InChI is InChI=1S/C6H5O.2CO.Re/c7-5-6-3-1-2-4-6;2*1-2;/h1-3H,4H2;;;/q-1;;;. The molecular weight excluding hydrogens is 330 g/mol. The number of hydrogen-bond acceptors (Lipinski definition) is 3. The van der Waals surface area contributed by atoms with Crippen LogP contribution in [0.4, 0.5) is 0 Å². The van der Waals surface area contributed by atoms with Crippen molar-refractivity contribution in [2.45, 2.75) is 6.42 Å². The number of rotatable bonds is 1. The third-order valence-corrected chi connectivity index (χ3v) is 1.53. The Kier molecular flexibility index (Phi) is 7.38. The summed E-state index contributed by atoms with van der Waals surface area (Å²) in [6.07, 6.45) is 8.14. The van der Waals surface area contributed by atoms with E-state index in [9.17, 15) is 4.79 Å². The third-order valence-electron chi connectivity index (χ3n) is 0.980. The van der Waals surface area contributed by atoms with Gasteiger partial charge < -0.3 is 4.79 Å². The van der Waals surface area contributed by atoms with Gasteiger partial charge in [-0.05, 0) is 12.7 Å². The Morgan fingerprint density at radius 1 is 1.42 bits per heavy atom. The Hall–Kier alpha value is -1.03. The molecule has 1 rings (SSSR count). The first-order chi connectivity index (χ1) is 5.85. The van der Waals surface area contributed by atoms with Crippen molar-refractivity contribution in [3.63, 3.8) is 0 Å². The molecule has 0 bridgehead atoms. The fourth-order valence-electron chi connectivity index (χ4n) is 0.539. The number of carbonyl (C=O) groups excluding carboxylic acids is 3. The molecule has 0 spiro atoms. The van der Waals surface area contributed by atoms with E-state index in [2.05, 4.69) is 0 Å². The Morgan fingerprint density at radius 3 is 2.25 bits per heavy atom. The number of allylic oxidation sites excluding steroid dienone is 4. The van der Waals surface area contributed by atoms with Gasteiger partial charge >= 0.3 is 35.4 Å². The molecule has 0 aromatic rings. The molecular formula is C8H5O3Re-. The van der Waals surface area contributed by atoms with Crippen molar-refractivity contribution in [2.24, 2.45) is 0 Å². The molecule has 0 aliphatic heterocycles. The van der Waals surface area contributed by atoms with Crippen LogP contribution in [0.15, 0.2) is 23.8 Å². The summed E-state index contributed by atoms with van der Waals surface area (Å²) in [5, 5.41) is 0. The van der Waals surface area contributed by atoms with E-state index in [0.717, 1.165) is 12.0 Å². The van der Waals surface area contributed by atoms with Gasteiger partial charge in [-0.1, -0.05) is 0 Å². The summed E-state index contributed by atoms with van der Waals surface area (Å²) in [5.41, 5.74) is 0.750. The van der Waals surface area contributed by atoms with Crippen LogP contribution < -0.4 is 0 Å². The fourth-order valence-corrected chi connectivity index (χ4v) is 0.652. The van der Waals surface area contributed by atoms with Crippen molar-refractivity contribution in [3.8, 4) is 0 Å². The van der Waals surface area contributed by atoms with E-state index in [-0.39, 0.29) is 0 Å². The first kappa shape index (κ1) is 11.0. The van der Waals surface area contributed by atoms with E-state index in [4.69, 9.17) is 9.59 Å². The molecule has 0 saturated heterocycles. The van der Waals surface area contributed by atoms with Crippen LogP contribution in [0.3, 0.4) is 0 Å². The molecule has 0 amide bonds. The summed E-state index contributed by atoms with van der Waals surface area (Å²) in [6, 6.07) is 0. The predicted molar refractivity (Wildman–Crippen MR) is 38.9 cm³/mol. The Balaban J connectivity index is 0.000000217. The first-order valence-corrected chi connectivity index (χ1v) is 5.67. The fraction of sp³-hybridized carbons (Fsp3) is 0.125. The molecule has 4 heteroatoms. The predicted octanol–water partition coefficient (Wildman–Crippen LogP) is 0.186. The van der Waals surface area contributed by atoms with Crippen LogP contribution in [0.2, 0.25) is 0 Å².